The summed E-state index contributed by atoms with van der Waals surface area (Å²) in [6.07, 6.45) is 4.40. The molecule has 1 N–H and O–H groups in total. The van der Waals surface area contributed by atoms with E-state index in [4.69, 9.17) is 0 Å². The lowest BCUT2D eigenvalue weighted by molar-refractivity contribution is -0.147. The third kappa shape index (κ3) is 4.09. The molecule has 1 atom stereocenters. The molecule has 0 aromatic rings. The molecule has 0 radical (unpaired) electrons. The second-order valence-electron chi connectivity index (χ2n) is 5.38. The summed E-state index contributed by atoms with van der Waals surface area (Å²) in [6.45, 7) is 6.04. The fourth-order valence-electron chi connectivity index (χ4n) is 2.97. The standard InChI is InChI=1S/C14H25N3O2.ClH/c1-2-13(18)17-10-4-3-6-12(17)14(19)16-9-5-7-15-8-11-16;/h12,15H,2-11H2,1H3;1H. The molecule has 2 aliphatic rings. The summed E-state index contributed by atoms with van der Waals surface area (Å²) in [5.41, 5.74) is 0. The number of hydrogen-bond donors (Lipinski definition) is 1. The zero-order valence-electron chi connectivity index (χ0n) is 12.3. The van der Waals surface area contributed by atoms with E-state index < -0.39 is 0 Å². The van der Waals surface area contributed by atoms with E-state index in [-0.39, 0.29) is 30.3 Å². The van der Waals surface area contributed by atoms with Gasteiger partial charge in [-0.3, -0.25) is 9.59 Å². The molecule has 0 spiro atoms. The Balaban J connectivity index is 0.00000200. The molecular weight excluding hydrogens is 278 g/mol. The molecule has 0 aromatic carbocycles. The molecule has 0 saturated carbocycles. The number of nitrogens with one attached hydrogen (secondary N) is 1. The van der Waals surface area contributed by atoms with Crippen molar-refractivity contribution in [3.63, 3.8) is 0 Å². The maximum atomic E-state index is 12.6. The topological polar surface area (TPSA) is 52.7 Å². The lowest BCUT2D eigenvalue weighted by Crippen LogP contribution is -2.53. The Kier molecular flexibility index (Phi) is 7.30. The predicted molar refractivity (Wildman–Crippen MR) is 81.0 cm³/mol. The Labute approximate surface area is 127 Å². The second-order valence-corrected chi connectivity index (χ2v) is 5.38. The van der Waals surface area contributed by atoms with E-state index in [0.29, 0.717) is 6.42 Å². The summed E-state index contributed by atoms with van der Waals surface area (Å²) >= 11 is 0. The summed E-state index contributed by atoms with van der Waals surface area (Å²) in [5.74, 6) is 0.274. The highest BCUT2D eigenvalue weighted by Gasteiger charge is 2.34. The molecule has 0 aliphatic carbocycles. The zero-order valence-corrected chi connectivity index (χ0v) is 13.1. The SMILES string of the molecule is CCC(=O)N1CCCCC1C(=O)N1CCCNCC1.Cl. The Hall–Kier alpha value is -0.810. The molecule has 6 heteroatoms. The monoisotopic (exact) mass is 303 g/mol. The van der Waals surface area contributed by atoms with Crippen LogP contribution < -0.4 is 5.32 Å². The smallest absolute Gasteiger partial charge is 0.245 e. The van der Waals surface area contributed by atoms with Gasteiger partial charge in [-0.15, -0.1) is 12.4 Å². The molecule has 1 unspecified atom stereocenters. The normalized spacial score (nSPS) is 23.8. The maximum absolute atomic E-state index is 12.6. The molecule has 0 bridgehead atoms. The van der Waals surface area contributed by atoms with Gasteiger partial charge in [-0.25, -0.2) is 0 Å². The van der Waals surface area contributed by atoms with Gasteiger partial charge in [0.1, 0.15) is 6.04 Å². The van der Waals surface area contributed by atoms with Crippen molar-refractivity contribution in [1.29, 1.82) is 0 Å². The third-order valence-corrected chi connectivity index (χ3v) is 4.06. The molecule has 2 saturated heterocycles. The van der Waals surface area contributed by atoms with Gasteiger partial charge in [0.15, 0.2) is 0 Å². The molecule has 5 nitrogen and oxygen atoms in total. The van der Waals surface area contributed by atoms with Crippen LogP contribution in [0.3, 0.4) is 0 Å². The minimum Gasteiger partial charge on any atom is -0.340 e. The Morgan fingerprint density at radius 3 is 2.65 bits per heavy atom. The Bertz CT molecular complexity index is 330. The van der Waals surface area contributed by atoms with Gasteiger partial charge in [0.2, 0.25) is 11.8 Å². The largest absolute Gasteiger partial charge is 0.340 e. The summed E-state index contributed by atoms with van der Waals surface area (Å²) in [6, 6.07) is -0.209. The molecule has 20 heavy (non-hydrogen) atoms. The zero-order chi connectivity index (χ0) is 13.7. The quantitative estimate of drug-likeness (QED) is 0.829. The van der Waals surface area contributed by atoms with E-state index in [1.54, 1.807) is 0 Å². The van der Waals surface area contributed by atoms with E-state index in [9.17, 15) is 9.59 Å². The van der Waals surface area contributed by atoms with Crippen molar-refractivity contribution in [3.05, 3.63) is 0 Å². The molecule has 2 rings (SSSR count). The van der Waals surface area contributed by atoms with Crippen molar-refractivity contribution >= 4 is 24.2 Å². The lowest BCUT2D eigenvalue weighted by atomic mass is 10.00. The van der Waals surface area contributed by atoms with E-state index in [2.05, 4.69) is 5.32 Å². The number of hydrogen-bond acceptors (Lipinski definition) is 3. The first-order valence-corrected chi connectivity index (χ1v) is 7.53. The van der Waals surface area contributed by atoms with Gasteiger partial charge in [-0.2, -0.15) is 0 Å². The fraction of sp³-hybridized carbons (Fsp3) is 0.857. The number of amides is 2. The number of rotatable bonds is 2. The van der Waals surface area contributed by atoms with Gasteiger partial charge in [0.25, 0.3) is 0 Å². The van der Waals surface area contributed by atoms with Gasteiger partial charge >= 0.3 is 0 Å². The predicted octanol–water partition coefficient (Wildman–Crippen LogP) is 1.02. The summed E-state index contributed by atoms with van der Waals surface area (Å²) < 4.78 is 0. The van der Waals surface area contributed by atoms with Crippen molar-refractivity contribution in [1.82, 2.24) is 15.1 Å². The van der Waals surface area contributed by atoms with Crippen molar-refractivity contribution in [2.45, 2.75) is 45.1 Å². The molecular formula is C14H26ClN3O2. The van der Waals surface area contributed by atoms with Gasteiger partial charge < -0.3 is 15.1 Å². The van der Waals surface area contributed by atoms with Crippen LogP contribution >= 0.6 is 12.4 Å². The number of halogens is 1. The van der Waals surface area contributed by atoms with Crippen LogP contribution in [-0.4, -0.2) is 60.4 Å². The molecule has 2 aliphatic heterocycles. The van der Waals surface area contributed by atoms with Crippen molar-refractivity contribution in [3.8, 4) is 0 Å². The first-order chi connectivity index (χ1) is 9.24. The summed E-state index contributed by atoms with van der Waals surface area (Å²) in [5, 5.41) is 3.31. The Morgan fingerprint density at radius 1 is 1.10 bits per heavy atom. The van der Waals surface area contributed by atoms with Crippen molar-refractivity contribution in [2.75, 3.05) is 32.7 Å². The average Bonchev–Trinajstić information content (AvgIpc) is 2.74. The Morgan fingerprint density at radius 2 is 1.90 bits per heavy atom. The summed E-state index contributed by atoms with van der Waals surface area (Å²) in [4.78, 5) is 28.4. The van der Waals surface area contributed by atoms with Crippen LogP contribution in [0.1, 0.15) is 39.0 Å². The van der Waals surface area contributed by atoms with Gasteiger partial charge in [0, 0.05) is 32.6 Å². The van der Waals surface area contributed by atoms with E-state index >= 15 is 0 Å². The lowest BCUT2D eigenvalue weighted by Gasteiger charge is -2.37. The number of carbonyl (C=O) groups is 2. The van der Waals surface area contributed by atoms with Crippen molar-refractivity contribution < 1.29 is 9.59 Å². The number of piperidine rings is 1. The minimum absolute atomic E-state index is 0. The number of nitrogens with zero attached hydrogens (tertiary/aromatic N) is 2. The first kappa shape index (κ1) is 17.2. The second kappa shape index (κ2) is 8.47. The number of carbonyl (C=O) groups excluding carboxylic acids is 2. The van der Waals surface area contributed by atoms with Crippen LogP contribution in [0.2, 0.25) is 0 Å². The van der Waals surface area contributed by atoms with Crippen LogP contribution in [0.25, 0.3) is 0 Å². The van der Waals surface area contributed by atoms with Crippen LogP contribution in [0, 0.1) is 0 Å². The maximum Gasteiger partial charge on any atom is 0.245 e. The third-order valence-electron chi connectivity index (χ3n) is 4.06. The van der Waals surface area contributed by atoms with E-state index in [0.717, 1.165) is 58.4 Å². The highest BCUT2D eigenvalue weighted by atomic mass is 35.5. The molecule has 116 valence electrons. The first-order valence-electron chi connectivity index (χ1n) is 7.53. The van der Waals surface area contributed by atoms with E-state index in [1.807, 2.05) is 16.7 Å². The average molecular weight is 304 g/mol. The van der Waals surface area contributed by atoms with Crippen LogP contribution in [0.4, 0.5) is 0 Å². The number of likely N-dealkylation sites (tertiary alicyclic amines) is 1. The van der Waals surface area contributed by atoms with Gasteiger partial charge in [-0.05, 0) is 32.2 Å². The van der Waals surface area contributed by atoms with Crippen LogP contribution in [0.15, 0.2) is 0 Å². The highest BCUT2D eigenvalue weighted by molar-refractivity contribution is 5.87. The van der Waals surface area contributed by atoms with Crippen molar-refractivity contribution in [2.24, 2.45) is 0 Å². The molecule has 2 fully saturated rings. The highest BCUT2D eigenvalue weighted by Crippen LogP contribution is 2.20. The van der Waals surface area contributed by atoms with Gasteiger partial charge in [0.05, 0.1) is 0 Å². The fourth-order valence-corrected chi connectivity index (χ4v) is 2.97. The summed E-state index contributed by atoms with van der Waals surface area (Å²) in [7, 11) is 0. The molecule has 2 heterocycles. The molecule has 0 aromatic heterocycles. The molecule has 2 amide bonds. The van der Waals surface area contributed by atoms with Crippen LogP contribution in [0.5, 0.6) is 0 Å². The van der Waals surface area contributed by atoms with E-state index in [1.165, 1.54) is 0 Å². The minimum atomic E-state index is -0.209. The van der Waals surface area contributed by atoms with Gasteiger partial charge in [-0.1, -0.05) is 6.92 Å². The van der Waals surface area contributed by atoms with Crippen LogP contribution in [-0.2, 0) is 9.59 Å².